The molecule has 0 N–H and O–H groups in total. The monoisotopic (exact) mass is 317 g/mol. The molecule has 0 aromatic carbocycles. The molecule has 6 atom stereocenters. The molecule has 0 bridgehead atoms. The average Bonchev–Trinajstić information content (AvgIpc) is 2.52. The molecule has 3 saturated carbocycles. The van der Waals surface area contributed by atoms with Gasteiger partial charge in [-0.1, -0.05) is 6.92 Å². The van der Waals surface area contributed by atoms with E-state index in [1.165, 1.54) is 19.3 Å². The van der Waals surface area contributed by atoms with Crippen LogP contribution in [0.25, 0.3) is 0 Å². The number of carbonyl (C=O) groups is 2. The summed E-state index contributed by atoms with van der Waals surface area (Å²) in [6, 6.07) is 0. The third-order valence-corrected chi connectivity index (χ3v) is 8.65. The minimum atomic E-state index is 0.0736. The molecular weight excluding hydrogens is 286 g/mol. The van der Waals surface area contributed by atoms with Crippen molar-refractivity contribution >= 4 is 11.7 Å². The summed E-state index contributed by atoms with van der Waals surface area (Å²) < 4.78 is 0. The van der Waals surface area contributed by atoms with Gasteiger partial charge in [-0.2, -0.15) is 0 Å². The predicted molar refractivity (Wildman–Crippen MR) is 89.8 cm³/mol. The second kappa shape index (κ2) is 5.07. The van der Waals surface area contributed by atoms with Crippen LogP contribution < -0.4 is 0 Å². The quantitative estimate of drug-likeness (QED) is 0.681. The summed E-state index contributed by atoms with van der Waals surface area (Å²) in [7, 11) is 2.03. The van der Waals surface area contributed by atoms with E-state index < -0.39 is 0 Å². The number of fused-ring (bicyclic) bond motifs is 5. The van der Waals surface area contributed by atoms with E-state index in [-0.39, 0.29) is 5.54 Å². The Balaban J connectivity index is 1.64. The van der Waals surface area contributed by atoms with E-state index in [0.717, 1.165) is 50.4 Å². The van der Waals surface area contributed by atoms with Gasteiger partial charge in [-0.05, 0) is 74.5 Å². The van der Waals surface area contributed by atoms with Crippen LogP contribution in [0.2, 0.25) is 0 Å². The first-order chi connectivity index (χ1) is 10.9. The van der Waals surface area contributed by atoms with Crippen LogP contribution in [0.3, 0.4) is 0 Å². The van der Waals surface area contributed by atoms with Crippen molar-refractivity contribution in [2.45, 2.75) is 77.2 Å². The fraction of sp³-hybridized carbons (Fsp3) is 0.900. The summed E-state index contributed by atoms with van der Waals surface area (Å²) >= 11 is 0. The van der Waals surface area contributed by atoms with Gasteiger partial charge in [0.15, 0.2) is 0 Å². The Bertz CT molecular complexity index is 544. The smallest absolute Gasteiger partial charge is 0.222 e. The SMILES string of the molecule is CN1C(=O)CCC2C3CC[C@H]4CC(=O)CC[C@]4(C)C3CC[C@@]21C. The average molecular weight is 317 g/mol. The van der Waals surface area contributed by atoms with Crippen molar-refractivity contribution in [3.8, 4) is 0 Å². The van der Waals surface area contributed by atoms with Crippen LogP contribution in [0.5, 0.6) is 0 Å². The Morgan fingerprint density at radius 3 is 2.52 bits per heavy atom. The molecule has 0 aromatic rings. The van der Waals surface area contributed by atoms with Crippen LogP contribution in [-0.2, 0) is 9.59 Å². The zero-order valence-electron chi connectivity index (χ0n) is 14.9. The number of Topliss-reactive ketones (excluding diaryl/α,β-unsaturated/α-hetero) is 1. The van der Waals surface area contributed by atoms with Gasteiger partial charge in [0, 0.05) is 31.8 Å². The van der Waals surface area contributed by atoms with E-state index in [0.29, 0.717) is 28.9 Å². The third-order valence-electron chi connectivity index (χ3n) is 8.65. The van der Waals surface area contributed by atoms with Crippen molar-refractivity contribution in [1.29, 1.82) is 0 Å². The Labute approximate surface area is 140 Å². The molecule has 1 aliphatic heterocycles. The number of hydrogen-bond acceptors (Lipinski definition) is 2. The number of likely N-dealkylation sites (tertiary alicyclic amines) is 1. The number of nitrogens with zero attached hydrogens (tertiary/aromatic N) is 1. The van der Waals surface area contributed by atoms with Crippen molar-refractivity contribution in [3.05, 3.63) is 0 Å². The maximum absolute atomic E-state index is 12.2. The minimum Gasteiger partial charge on any atom is -0.340 e. The van der Waals surface area contributed by atoms with Crippen LogP contribution >= 0.6 is 0 Å². The fourth-order valence-electron chi connectivity index (χ4n) is 7.02. The molecule has 3 unspecified atom stereocenters. The molecule has 4 fully saturated rings. The number of rotatable bonds is 0. The van der Waals surface area contributed by atoms with E-state index in [1.54, 1.807) is 0 Å². The largest absolute Gasteiger partial charge is 0.340 e. The molecule has 0 spiro atoms. The van der Waals surface area contributed by atoms with Gasteiger partial charge >= 0.3 is 0 Å². The molecule has 3 aliphatic carbocycles. The van der Waals surface area contributed by atoms with Gasteiger partial charge in [-0.25, -0.2) is 0 Å². The lowest BCUT2D eigenvalue weighted by Crippen LogP contribution is -2.63. The fourth-order valence-corrected chi connectivity index (χ4v) is 7.02. The molecule has 23 heavy (non-hydrogen) atoms. The van der Waals surface area contributed by atoms with Crippen molar-refractivity contribution < 1.29 is 9.59 Å². The van der Waals surface area contributed by atoms with Gasteiger partial charge < -0.3 is 4.90 Å². The Kier molecular flexibility index (Phi) is 3.45. The number of piperidine rings is 1. The molecule has 0 radical (unpaired) electrons. The van der Waals surface area contributed by atoms with Gasteiger partial charge in [0.1, 0.15) is 5.78 Å². The van der Waals surface area contributed by atoms with Crippen LogP contribution in [0.1, 0.15) is 71.6 Å². The van der Waals surface area contributed by atoms with Crippen molar-refractivity contribution in [3.63, 3.8) is 0 Å². The number of ketones is 1. The first-order valence-corrected chi connectivity index (χ1v) is 9.64. The summed E-state index contributed by atoms with van der Waals surface area (Å²) in [4.78, 5) is 26.2. The van der Waals surface area contributed by atoms with Crippen molar-refractivity contribution in [2.75, 3.05) is 7.05 Å². The Morgan fingerprint density at radius 2 is 1.74 bits per heavy atom. The van der Waals surface area contributed by atoms with Crippen LogP contribution in [0.15, 0.2) is 0 Å². The molecular formula is C20H31NO2. The zero-order valence-corrected chi connectivity index (χ0v) is 14.9. The zero-order chi connectivity index (χ0) is 16.4. The van der Waals surface area contributed by atoms with E-state index in [1.807, 2.05) is 7.05 Å². The standard InChI is InChI=1S/C20H31NO2/c1-19-10-8-14(22)12-13(19)4-5-15-16(19)9-11-20(2)17(15)6-7-18(23)21(20)3/h13,15-17H,4-12H2,1-3H3/t13-,15?,16?,17?,19-,20-/m0/s1. The van der Waals surface area contributed by atoms with Gasteiger partial charge in [0.05, 0.1) is 0 Å². The summed E-state index contributed by atoms with van der Waals surface area (Å²) in [6.45, 7) is 4.82. The summed E-state index contributed by atoms with van der Waals surface area (Å²) in [5.41, 5.74) is 0.447. The second-order valence-corrected chi connectivity index (χ2v) is 9.29. The molecule has 4 aliphatic rings. The molecule has 1 amide bonds. The van der Waals surface area contributed by atoms with E-state index in [4.69, 9.17) is 0 Å². The Hall–Kier alpha value is -0.860. The molecule has 0 aromatic heterocycles. The predicted octanol–water partition coefficient (Wildman–Crippen LogP) is 3.81. The normalized spacial score (nSPS) is 50.1. The first-order valence-electron chi connectivity index (χ1n) is 9.64. The van der Waals surface area contributed by atoms with Crippen LogP contribution in [-0.4, -0.2) is 29.2 Å². The Morgan fingerprint density at radius 1 is 0.957 bits per heavy atom. The highest BCUT2D eigenvalue weighted by Crippen LogP contribution is 2.62. The molecule has 3 nitrogen and oxygen atoms in total. The van der Waals surface area contributed by atoms with Gasteiger partial charge in [0.2, 0.25) is 5.91 Å². The third kappa shape index (κ3) is 2.07. The number of carbonyl (C=O) groups excluding carboxylic acids is 2. The molecule has 1 heterocycles. The summed E-state index contributed by atoms with van der Waals surface area (Å²) in [5.74, 6) is 3.66. The maximum atomic E-state index is 12.2. The van der Waals surface area contributed by atoms with Crippen LogP contribution in [0.4, 0.5) is 0 Å². The number of amides is 1. The van der Waals surface area contributed by atoms with E-state index in [9.17, 15) is 9.59 Å². The maximum Gasteiger partial charge on any atom is 0.222 e. The number of hydrogen-bond donors (Lipinski definition) is 0. The molecule has 4 rings (SSSR count). The minimum absolute atomic E-state index is 0.0736. The lowest BCUT2D eigenvalue weighted by molar-refractivity contribution is -0.164. The van der Waals surface area contributed by atoms with Gasteiger partial charge in [-0.15, -0.1) is 0 Å². The lowest BCUT2D eigenvalue weighted by Gasteiger charge is -2.63. The van der Waals surface area contributed by atoms with E-state index >= 15 is 0 Å². The first kappa shape index (κ1) is 15.7. The van der Waals surface area contributed by atoms with Gasteiger partial charge in [0.25, 0.3) is 0 Å². The van der Waals surface area contributed by atoms with Crippen LogP contribution in [0, 0.1) is 29.1 Å². The summed E-state index contributed by atoms with van der Waals surface area (Å²) in [5, 5.41) is 0. The molecule has 3 heteroatoms. The van der Waals surface area contributed by atoms with Crippen molar-refractivity contribution in [2.24, 2.45) is 29.1 Å². The molecule has 1 saturated heterocycles. The second-order valence-electron chi connectivity index (χ2n) is 9.29. The van der Waals surface area contributed by atoms with E-state index in [2.05, 4.69) is 18.7 Å². The lowest BCUT2D eigenvalue weighted by atomic mass is 9.45. The van der Waals surface area contributed by atoms with Gasteiger partial charge in [-0.3, -0.25) is 9.59 Å². The highest BCUT2D eigenvalue weighted by molar-refractivity contribution is 5.80. The topological polar surface area (TPSA) is 37.4 Å². The highest BCUT2D eigenvalue weighted by Gasteiger charge is 2.59. The highest BCUT2D eigenvalue weighted by atomic mass is 16.2. The van der Waals surface area contributed by atoms with Crippen molar-refractivity contribution in [1.82, 2.24) is 4.90 Å². The summed E-state index contributed by atoms with van der Waals surface area (Å²) in [6.07, 6.45) is 9.47. The molecule has 128 valence electrons.